The Hall–Kier alpha value is -2.69. The molecule has 2 aromatic rings. The third kappa shape index (κ3) is 3.74. The van der Waals surface area contributed by atoms with E-state index in [0.717, 1.165) is 16.9 Å². The Kier molecular flexibility index (Phi) is 4.37. The minimum absolute atomic E-state index is 0.0828. The third-order valence-corrected chi connectivity index (χ3v) is 4.04. The fraction of sp³-hybridized carbons (Fsp3) is 0.278. The number of carbonyl (C=O) groups excluding carboxylic acids is 2. The number of nitrogens with zero attached hydrogens (tertiary/aromatic N) is 1. The number of amides is 2. The molecule has 1 aromatic carbocycles. The summed E-state index contributed by atoms with van der Waals surface area (Å²) in [5.41, 5.74) is 2.62. The molecule has 3 rings (SSSR count). The maximum atomic E-state index is 12.2. The van der Waals surface area contributed by atoms with E-state index >= 15 is 0 Å². The Morgan fingerprint density at radius 3 is 2.57 bits per heavy atom. The van der Waals surface area contributed by atoms with Gasteiger partial charge in [0.25, 0.3) is 0 Å². The molecule has 1 aliphatic rings. The lowest BCUT2D eigenvalue weighted by Gasteiger charge is -2.08. The van der Waals surface area contributed by atoms with Gasteiger partial charge in [0.15, 0.2) is 0 Å². The van der Waals surface area contributed by atoms with Crippen LogP contribution in [-0.4, -0.2) is 16.8 Å². The number of anilines is 1. The van der Waals surface area contributed by atoms with E-state index in [9.17, 15) is 9.59 Å². The molecule has 0 saturated heterocycles. The van der Waals surface area contributed by atoms with Gasteiger partial charge in [0, 0.05) is 11.9 Å². The third-order valence-electron chi connectivity index (χ3n) is 4.04. The second-order valence-corrected chi connectivity index (χ2v) is 5.79. The average molecular weight is 309 g/mol. The first kappa shape index (κ1) is 15.2. The van der Waals surface area contributed by atoms with Crippen molar-refractivity contribution in [3.8, 4) is 0 Å². The highest BCUT2D eigenvalue weighted by Crippen LogP contribution is 2.39. The number of carbonyl (C=O) groups is 2. The molecule has 1 aliphatic carbocycles. The van der Waals surface area contributed by atoms with E-state index in [-0.39, 0.29) is 23.7 Å². The van der Waals surface area contributed by atoms with Crippen LogP contribution < -0.4 is 10.6 Å². The molecule has 0 aliphatic heterocycles. The predicted molar refractivity (Wildman–Crippen MR) is 87.5 cm³/mol. The van der Waals surface area contributed by atoms with Crippen molar-refractivity contribution >= 4 is 17.5 Å². The summed E-state index contributed by atoms with van der Waals surface area (Å²) in [6.07, 6.45) is 2.29. The van der Waals surface area contributed by atoms with Crippen molar-refractivity contribution in [1.82, 2.24) is 10.3 Å². The SMILES string of the molecule is Cc1ccccc1NC(=O)C1CC1C(=O)NCc1ccccn1. The number of para-hydroxylation sites is 1. The maximum Gasteiger partial charge on any atom is 0.228 e. The quantitative estimate of drug-likeness (QED) is 0.890. The van der Waals surface area contributed by atoms with Crippen LogP contribution in [0.2, 0.25) is 0 Å². The first-order valence-electron chi connectivity index (χ1n) is 7.69. The smallest absolute Gasteiger partial charge is 0.228 e. The lowest BCUT2D eigenvalue weighted by Crippen LogP contribution is -2.27. The van der Waals surface area contributed by atoms with Gasteiger partial charge in [-0.25, -0.2) is 0 Å². The number of rotatable bonds is 5. The minimum atomic E-state index is -0.238. The molecule has 0 radical (unpaired) electrons. The normalized spacial score (nSPS) is 19.0. The van der Waals surface area contributed by atoms with E-state index in [1.54, 1.807) is 6.20 Å². The van der Waals surface area contributed by atoms with E-state index in [1.165, 1.54) is 0 Å². The van der Waals surface area contributed by atoms with E-state index in [2.05, 4.69) is 15.6 Å². The van der Waals surface area contributed by atoms with Gasteiger partial charge in [0.05, 0.1) is 24.1 Å². The van der Waals surface area contributed by atoms with Gasteiger partial charge in [-0.15, -0.1) is 0 Å². The summed E-state index contributed by atoms with van der Waals surface area (Å²) in [6, 6.07) is 13.2. The van der Waals surface area contributed by atoms with Crippen LogP contribution in [0.5, 0.6) is 0 Å². The summed E-state index contributed by atoms with van der Waals surface area (Å²) in [7, 11) is 0. The molecule has 1 saturated carbocycles. The molecule has 23 heavy (non-hydrogen) atoms. The maximum absolute atomic E-state index is 12.2. The topological polar surface area (TPSA) is 71.1 Å². The van der Waals surface area contributed by atoms with E-state index in [1.807, 2.05) is 49.4 Å². The summed E-state index contributed by atoms with van der Waals surface area (Å²) in [4.78, 5) is 28.5. The highest BCUT2D eigenvalue weighted by molar-refractivity contribution is 5.99. The molecule has 1 heterocycles. The van der Waals surface area contributed by atoms with Gasteiger partial charge in [-0.2, -0.15) is 0 Å². The van der Waals surface area contributed by atoms with Crippen LogP contribution in [0.25, 0.3) is 0 Å². The average Bonchev–Trinajstić information content (AvgIpc) is 3.36. The Morgan fingerprint density at radius 1 is 1.09 bits per heavy atom. The zero-order valence-electron chi connectivity index (χ0n) is 13.0. The molecular formula is C18H19N3O2. The Bertz CT molecular complexity index is 715. The molecule has 118 valence electrons. The zero-order valence-corrected chi connectivity index (χ0v) is 13.0. The zero-order chi connectivity index (χ0) is 16.2. The molecule has 2 amide bonds. The molecule has 0 bridgehead atoms. The first-order valence-corrected chi connectivity index (χ1v) is 7.69. The molecule has 2 unspecified atom stereocenters. The molecule has 1 aromatic heterocycles. The fourth-order valence-corrected chi connectivity index (χ4v) is 2.52. The van der Waals surface area contributed by atoms with Crippen molar-refractivity contribution < 1.29 is 9.59 Å². The summed E-state index contributed by atoms with van der Waals surface area (Å²) in [5, 5.41) is 5.74. The van der Waals surface area contributed by atoms with Crippen molar-refractivity contribution in [3.05, 3.63) is 59.9 Å². The number of hydrogen-bond donors (Lipinski definition) is 2. The van der Waals surface area contributed by atoms with E-state index in [4.69, 9.17) is 0 Å². The van der Waals surface area contributed by atoms with Crippen molar-refractivity contribution in [2.75, 3.05) is 5.32 Å². The fourth-order valence-electron chi connectivity index (χ4n) is 2.52. The Balaban J connectivity index is 1.49. The van der Waals surface area contributed by atoms with Crippen LogP contribution >= 0.6 is 0 Å². The highest BCUT2D eigenvalue weighted by atomic mass is 16.2. The van der Waals surface area contributed by atoms with Gasteiger partial charge in [-0.3, -0.25) is 14.6 Å². The van der Waals surface area contributed by atoms with E-state index < -0.39 is 0 Å². The molecular weight excluding hydrogens is 290 g/mol. The lowest BCUT2D eigenvalue weighted by molar-refractivity contribution is -0.125. The van der Waals surface area contributed by atoms with Crippen molar-refractivity contribution in [1.29, 1.82) is 0 Å². The largest absolute Gasteiger partial charge is 0.350 e. The van der Waals surface area contributed by atoms with Gasteiger partial charge >= 0.3 is 0 Å². The lowest BCUT2D eigenvalue weighted by atomic mass is 10.2. The predicted octanol–water partition coefficient (Wildman–Crippen LogP) is 2.28. The van der Waals surface area contributed by atoms with Crippen LogP contribution in [0.4, 0.5) is 5.69 Å². The number of hydrogen-bond acceptors (Lipinski definition) is 3. The highest BCUT2D eigenvalue weighted by Gasteiger charge is 2.47. The van der Waals surface area contributed by atoms with E-state index in [0.29, 0.717) is 13.0 Å². The van der Waals surface area contributed by atoms with Crippen LogP contribution in [0.3, 0.4) is 0 Å². The van der Waals surface area contributed by atoms with Gasteiger partial charge in [0.2, 0.25) is 11.8 Å². The van der Waals surface area contributed by atoms with Crippen LogP contribution in [0.15, 0.2) is 48.7 Å². The van der Waals surface area contributed by atoms with Crippen LogP contribution in [-0.2, 0) is 16.1 Å². The monoisotopic (exact) mass is 309 g/mol. The summed E-state index contributed by atoms with van der Waals surface area (Å²) >= 11 is 0. The molecule has 0 spiro atoms. The minimum Gasteiger partial charge on any atom is -0.350 e. The molecule has 5 nitrogen and oxygen atoms in total. The summed E-state index contributed by atoms with van der Waals surface area (Å²) in [5.74, 6) is -0.640. The van der Waals surface area contributed by atoms with Crippen molar-refractivity contribution in [3.63, 3.8) is 0 Å². The second-order valence-electron chi connectivity index (χ2n) is 5.79. The van der Waals surface area contributed by atoms with Gasteiger partial charge in [-0.1, -0.05) is 24.3 Å². The molecule has 2 N–H and O–H groups in total. The van der Waals surface area contributed by atoms with Gasteiger partial charge in [-0.05, 0) is 37.1 Å². The number of nitrogens with one attached hydrogen (secondary N) is 2. The summed E-state index contributed by atoms with van der Waals surface area (Å²) in [6.45, 7) is 2.34. The first-order chi connectivity index (χ1) is 11.1. The van der Waals surface area contributed by atoms with Gasteiger partial charge < -0.3 is 10.6 Å². The number of pyridine rings is 1. The Morgan fingerprint density at radius 2 is 1.83 bits per heavy atom. The van der Waals surface area contributed by atoms with Crippen molar-refractivity contribution in [2.24, 2.45) is 11.8 Å². The number of aryl methyl sites for hydroxylation is 1. The number of benzene rings is 1. The summed E-state index contributed by atoms with van der Waals surface area (Å²) < 4.78 is 0. The van der Waals surface area contributed by atoms with Crippen LogP contribution in [0, 0.1) is 18.8 Å². The standard InChI is InChI=1S/C18H19N3O2/c1-12-6-2-3-8-16(12)21-18(23)15-10-14(15)17(22)20-11-13-7-4-5-9-19-13/h2-9,14-15H,10-11H2,1H3,(H,20,22)(H,21,23). The van der Waals surface area contributed by atoms with Crippen molar-refractivity contribution in [2.45, 2.75) is 19.9 Å². The van der Waals surface area contributed by atoms with Crippen LogP contribution in [0.1, 0.15) is 17.7 Å². The Labute approximate surface area is 135 Å². The second kappa shape index (κ2) is 6.60. The number of aromatic nitrogens is 1. The molecule has 2 atom stereocenters. The van der Waals surface area contributed by atoms with Gasteiger partial charge in [0.1, 0.15) is 0 Å². The molecule has 5 heteroatoms. The molecule has 1 fully saturated rings.